The number of rotatable bonds is 5. The molecular weight excluding hydrogens is 478 g/mol. The van der Waals surface area contributed by atoms with E-state index in [1.165, 1.54) is 23.8 Å². The highest BCUT2D eigenvalue weighted by Gasteiger charge is 2.29. The molecule has 0 aliphatic carbocycles. The number of anilines is 1. The van der Waals surface area contributed by atoms with Crippen LogP contribution in [-0.4, -0.2) is 65.1 Å². The molecule has 0 spiro atoms. The number of aliphatic imine (C=N–C) groups is 1. The summed E-state index contributed by atoms with van der Waals surface area (Å²) in [5.74, 6) is 0.275. The average molecular weight is 502 g/mol. The number of carbonyl (C=O) groups excluding carboxylic acids is 3. The SMILES string of the molecule is COC(=O)Nc1cc(Cl)ccc1-c1cc(=O)n(CC(=O)N2CCC(C3=NC(=O)OC3)CC2)c(C)n1. The normalized spacial score (nSPS) is 16.0. The van der Waals surface area contributed by atoms with Crippen LogP contribution >= 0.6 is 11.6 Å². The number of aryl methyl sites for hydroxylation is 1. The fourth-order valence-electron chi connectivity index (χ4n) is 4.18. The fourth-order valence-corrected chi connectivity index (χ4v) is 4.35. The van der Waals surface area contributed by atoms with Crippen LogP contribution in [0.4, 0.5) is 15.3 Å². The first kappa shape index (κ1) is 24.4. The van der Waals surface area contributed by atoms with Gasteiger partial charge in [0.1, 0.15) is 19.0 Å². The lowest BCUT2D eigenvalue weighted by Gasteiger charge is -2.32. The summed E-state index contributed by atoms with van der Waals surface area (Å²) >= 11 is 6.05. The number of piperidine rings is 1. The summed E-state index contributed by atoms with van der Waals surface area (Å²) in [6.07, 6.45) is 0.112. The first-order valence-corrected chi connectivity index (χ1v) is 11.4. The number of likely N-dealkylation sites (tertiary alicyclic amines) is 1. The maximum absolute atomic E-state index is 12.9. The maximum atomic E-state index is 12.9. The number of halogens is 1. The second-order valence-corrected chi connectivity index (χ2v) is 8.67. The van der Waals surface area contributed by atoms with Crippen LogP contribution in [0.25, 0.3) is 11.3 Å². The molecule has 4 rings (SSSR count). The van der Waals surface area contributed by atoms with E-state index in [1.54, 1.807) is 24.0 Å². The molecule has 0 bridgehead atoms. The molecule has 3 amide bonds. The number of amides is 3. The minimum atomic E-state index is -0.688. The Kier molecular flexibility index (Phi) is 7.15. The number of aromatic nitrogens is 2. The molecule has 184 valence electrons. The van der Waals surface area contributed by atoms with Crippen molar-refractivity contribution in [3.63, 3.8) is 0 Å². The van der Waals surface area contributed by atoms with E-state index in [0.717, 1.165) is 5.71 Å². The molecular formula is C23H24ClN5O6. The topological polar surface area (TPSA) is 132 Å². The highest BCUT2D eigenvalue weighted by molar-refractivity contribution is 6.31. The second-order valence-electron chi connectivity index (χ2n) is 8.23. The molecule has 0 radical (unpaired) electrons. The molecule has 2 aliphatic heterocycles. The van der Waals surface area contributed by atoms with Crippen molar-refractivity contribution in [3.05, 3.63) is 45.5 Å². The van der Waals surface area contributed by atoms with Crippen molar-refractivity contribution in [2.24, 2.45) is 10.9 Å². The molecule has 1 N–H and O–H groups in total. The number of benzene rings is 1. The lowest BCUT2D eigenvalue weighted by Crippen LogP contribution is -2.43. The molecule has 1 aromatic carbocycles. The summed E-state index contributed by atoms with van der Waals surface area (Å²) < 4.78 is 10.8. The summed E-state index contributed by atoms with van der Waals surface area (Å²) in [6.45, 7) is 2.73. The average Bonchev–Trinajstić information content (AvgIpc) is 3.27. The minimum absolute atomic E-state index is 0.114. The van der Waals surface area contributed by atoms with Crippen LogP contribution in [-0.2, 0) is 20.8 Å². The van der Waals surface area contributed by atoms with Gasteiger partial charge in [-0.05, 0) is 38.0 Å². The summed E-state index contributed by atoms with van der Waals surface area (Å²) in [6, 6.07) is 6.10. The summed E-state index contributed by atoms with van der Waals surface area (Å²) in [4.78, 5) is 58.8. The first-order valence-electron chi connectivity index (χ1n) is 11.0. The van der Waals surface area contributed by atoms with Crippen molar-refractivity contribution in [1.29, 1.82) is 0 Å². The number of hydrogen-bond acceptors (Lipinski definition) is 7. The number of hydrogen-bond donors (Lipinski definition) is 1. The number of nitrogens with one attached hydrogen (secondary N) is 1. The quantitative estimate of drug-likeness (QED) is 0.666. The predicted octanol–water partition coefficient (Wildman–Crippen LogP) is 2.88. The fraction of sp³-hybridized carbons (Fsp3) is 0.391. The van der Waals surface area contributed by atoms with E-state index in [9.17, 15) is 19.2 Å². The zero-order valence-corrected chi connectivity index (χ0v) is 20.0. The van der Waals surface area contributed by atoms with Crippen LogP contribution in [0.15, 0.2) is 34.1 Å². The molecule has 0 atom stereocenters. The van der Waals surface area contributed by atoms with E-state index in [1.807, 2.05) is 0 Å². The Bertz CT molecular complexity index is 1270. The third-order valence-corrected chi connectivity index (χ3v) is 6.30. The van der Waals surface area contributed by atoms with Crippen molar-refractivity contribution >= 4 is 41.1 Å². The summed E-state index contributed by atoms with van der Waals surface area (Å²) in [7, 11) is 1.24. The van der Waals surface area contributed by atoms with Gasteiger partial charge in [0.15, 0.2) is 0 Å². The number of cyclic esters (lactones) is 1. The molecule has 1 saturated heterocycles. The zero-order chi connectivity index (χ0) is 25.1. The third kappa shape index (κ3) is 5.51. The predicted molar refractivity (Wildman–Crippen MR) is 128 cm³/mol. The monoisotopic (exact) mass is 501 g/mol. The Hall–Kier alpha value is -3.73. The summed E-state index contributed by atoms with van der Waals surface area (Å²) in [5.41, 5.74) is 1.49. The van der Waals surface area contributed by atoms with Crippen molar-refractivity contribution in [1.82, 2.24) is 14.5 Å². The van der Waals surface area contributed by atoms with E-state index in [4.69, 9.17) is 16.3 Å². The van der Waals surface area contributed by atoms with E-state index in [-0.39, 0.29) is 25.0 Å². The lowest BCUT2D eigenvalue weighted by molar-refractivity contribution is -0.133. The molecule has 0 unspecified atom stereocenters. The van der Waals surface area contributed by atoms with Crippen molar-refractivity contribution in [3.8, 4) is 11.3 Å². The van der Waals surface area contributed by atoms with E-state index in [0.29, 0.717) is 53.7 Å². The van der Waals surface area contributed by atoms with Gasteiger partial charge in [-0.15, -0.1) is 0 Å². The summed E-state index contributed by atoms with van der Waals surface area (Å²) in [5, 5.41) is 2.95. The van der Waals surface area contributed by atoms with Gasteiger partial charge in [0, 0.05) is 35.7 Å². The zero-order valence-electron chi connectivity index (χ0n) is 19.2. The van der Waals surface area contributed by atoms with Gasteiger partial charge in [-0.3, -0.25) is 19.5 Å². The Morgan fingerprint density at radius 1 is 1.23 bits per heavy atom. The molecule has 11 nitrogen and oxygen atoms in total. The van der Waals surface area contributed by atoms with Crippen LogP contribution in [0.5, 0.6) is 0 Å². The molecule has 35 heavy (non-hydrogen) atoms. The van der Waals surface area contributed by atoms with Gasteiger partial charge in [0.05, 0.1) is 24.2 Å². The van der Waals surface area contributed by atoms with Crippen LogP contribution in [0.2, 0.25) is 5.02 Å². The van der Waals surface area contributed by atoms with Crippen LogP contribution in [0, 0.1) is 12.8 Å². The van der Waals surface area contributed by atoms with Gasteiger partial charge in [-0.2, -0.15) is 4.99 Å². The Balaban J connectivity index is 1.48. The smallest absolute Gasteiger partial charge is 0.434 e. The second kappa shape index (κ2) is 10.3. The molecule has 2 aliphatic rings. The number of carbonyl (C=O) groups is 3. The largest absolute Gasteiger partial charge is 0.453 e. The van der Waals surface area contributed by atoms with Crippen LogP contribution < -0.4 is 10.9 Å². The number of methoxy groups -OCH3 is 1. The van der Waals surface area contributed by atoms with Crippen molar-refractivity contribution in [2.45, 2.75) is 26.3 Å². The molecule has 1 aromatic heterocycles. The maximum Gasteiger partial charge on any atom is 0.434 e. The van der Waals surface area contributed by atoms with Crippen molar-refractivity contribution < 1.29 is 23.9 Å². The van der Waals surface area contributed by atoms with Gasteiger partial charge in [-0.1, -0.05) is 11.6 Å². The molecule has 3 heterocycles. The highest BCUT2D eigenvalue weighted by Crippen LogP contribution is 2.29. The van der Waals surface area contributed by atoms with Crippen LogP contribution in [0.1, 0.15) is 18.7 Å². The highest BCUT2D eigenvalue weighted by atomic mass is 35.5. The van der Waals surface area contributed by atoms with Gasteiger partial charge in [-0.25, -0.2) is 14.6 Å². The Morgan fingerprint density at radius 2 is 1.97 bits per heavy atom. The molecule has 2 aromatic rings. The molecule has 0 saturated carbocycles. The molecule has 1 fully saturated rings. The third-order valence-electron chi connectivity index (χ3n) is 6.07. The lowest BCUT2D eigenvalue weighted by atomic mass is 9.92. The van der Waals surface area contributed by atoms with Gasteiger partial charge in [0.2, 0.25) is 5.91 Å². The van der Waals surface area contributed by atoms with Gasteiger partial charge < -0.3 is 14.4 Å². The van der Waals surface area contributed by atoms with Crippen molar-refractivity contribution in [2.75, 3.05) is 32.1 Å². The standard InChI is InChI=1S/C23H24ClN5O6/c1-13-25-18(16-4-3-15(24)9-17(16)26-22(32)34-2)10-20(30)29(13)11-21(31)28-7-5-14(6-8-28)19-12-35-23(33)27-19/h3-4,9-10,14H,5-8,11-12H2,1-2H3,(H,26,32). The van der Waals surface area contributed by atoms with Gasteiger partial charge >= 0.3 is 12.2 Å². The number of nitrogens with zero attached hydrogens (tertiary/aromatic N) is 4. The molecule has 12 heteroatoms. The first-order chi connectivity index (χ1) is 16.7. The number of ether oxygens (including phenoxy) is 2. The minimum Gasteiger partial charge on any atom is -0.453 e. The Morgan fingerprint density at radius 3 is 2.60 bits per heavy atom. The van der Waals surface area contributed by atoms with E-state index < -0.39 is 17.7 Å². The van der Waals surface area contributed by atoms with E-state index >= 15 is 0 Å². The van der Waals surface area contributed by atoms with Crippen LogP contribution in [0.3, 0.4) is 0 Å². The Labute approximate surface area is 205 Å². The van der Waals surface area contributed by atoms with E-state index in [2.05, 4.69) is 20.0 Å². The van der Waals surface area contributed by atoms with Gasteiger partial charge in [0.25, 0.3) is 5.56 Å².